The van der Waals surface area contributed by atoms with Gasteiger partial charge in [0.1, 0.15) is 0 Å². The van der Waals surface area contributed by atoms with E-state index in [4.69, 9.17) is 9.84 Å². The van der Waals surface area contributed by atoms with Crippen molar-refractivity contribution in [2.24, 2.45) is 0 Å². The average Bonchev–Trinajstić information content (AvgIpc) is 2.29. The van der Waals surface area contributed by atoms with Crippen LogP contribution in [0, 0.1) is 0 Å². The summed E-state index contributed by atoms with van der Waals surface area (Å²) in [7, 11) is 0. The van der Waals surface area contributed by atoms with Crippen LogP contribution < -0.4 is 15.4 Å². The Labute approximate surface area is 107 Å². The first kappa shape index (κ1) is 14.4. The number of nitrogens with one attached hydrogen (secondary N) is 2. The van der Waals surface area contributed by atoms with Gasteiger partial charge in [0.25, 0.3) is 0 Å². The van der Waals surface area contributed by atoms with E-state index in [1.807, 2.05) is 20.8 Å². The van der Waals surface area contributed by atoms with Crippen molar-refractivity contribution in [2.45, 2.75) is 33.2 Å². The van der Waals surface area contributed by atoms with Gasteiger partial charge in [-0.2, -0.15) is 15.0 Å². The molecule has 18 heavy (non-hydrogen) atoms. The molecule has 1 unspecified atom stereocenters. The highest BCUT2D eigenvalue weighted by Crippen LogP contribution is 2.12. The van der Waals surface area contributed by atoms with E-state index in [2.05, 4.69) is 25.6 Å². The molecule has 0 aliphatic heterocycles. The van der Waals surface area contributed by atoms with Crippen LogP contribution in [0.25, 0.3) is 0 Å². The Morgan fingerprint density at radius 1 is 1.22 bits per heavy atom. The van der Waals surface area contributed by atoms with E-state index in [0.717, 1.165) is 6.54 Å². The van der Waals surface area contributed by atoms with Gasteiger partial charge in [-0.1, -0.05) is 0 Å². The normalized spacial score (nSPS) is 12.0. The summed E-state index contributed by atoms with van der Waals surface area (Å²) < 4.78 is 5.28. The molecule has 1 aromatic rings. The molecule has 0 aliphatic rings. The van der Waals surface area contributed by atoms with Gasteiger partial charge in [-0.05, 0) is 27.2 Å². The molecule has 1 rings (SSSR count). The fraction of sp³-hybridized carbons (Fsp3) is 0.727. The second-order valence-electron chi connectivity index (χ2n) is 3.79. The number of rotatable bonds is 8. The van der Waals surface area contributed by atoms with Crippen molar-refractivity contribution in [1.82, 2.24) is 15.0 Å². The smallest absolute Gasteiger partial charge is 0.323 e. The molecule has 0 fully saturated rings. The van der Waals surface area contributed by atoms with Crippen molar-refractivity contribution in [3.8, 4) is 6.01 Å². The molecule has 0 bridgehead atoms. The first-order chi connectivity index (χ1) is 8.69. The first-order valence-corrected chi connectivity index (χ1v) is 6.19. The van der Waals surface area contributed by atoms with Gasteiger partial charge in [0, 0.05) is 19.2 Å². The number of hydrogen-bond donors (Lipinski definition) is 3. The predicted octanol–water partition coefficient (Wildman–Crippen LogP) is 0.885. The average molecular weight is 255 g/mol. The standard InChI is InChI=1S/C11H21N5O2/c1-4-12-9-14-10(13-8(3)6-7-17)16-11(15-9)18-5-2/h8,17H,4-7H2,1-3H3,(H2,12,13,14,15,16). The van der Waals surface area contributed by atoms with E-state index >= 15 is 0 Å². The van der Waals surface area contributed by atoms with Gasteiger partial charge >= 0.3 is 6.01 Å². The highest BCUT2D eigenvalue weighted by molar-refractivity contribution is 5.36. The molecule has 0 saturated heterocycles. The van der Waals surface area contributed by atoms with Gasteiger partial charge in [-0.25, -0.2) is 0 Å². The summed E-state index contributed by atoms with van der Waals surface area (Å²) in [5.74, 6) is 0.931. The summed E-state index contributed by atoms with van der Waals surface area (Å²) in [5, 5.41) is 15.0. The number of aliphatic hydroxyl groups is 1. The van der Waals surface area contributed by atoms with Gasteiger partial charge in [0.15, 0.2) is 0 Å². The lowest BCUT2D eigenvalue weighted by atomic mass is 10.2. The Balaban J connectivity index is 2.81. The van der Waals surface area contributed by atoms with Gasteiger partial charge < -0.3 is 20.5 Å². The van der Waals surface area contributed by atoms with Gasteiger partial charge in [-0.15, -0.1) is 0 Å². The molecule has 3 N–H and O–H groups in total. The summed E-state index contributed by atoms with van der Waals surface area (Å²) >= 11 is 0. The second-order valence-corrected chi connectivity index (χ2v) is 3.79. The molecule has 7 nitrogen and oxygen atoms in total. The molecule has 0 saturated carbocycles. The molecule has 102 valence electrons. The topological polar surface area (TPSA) is 92.2 Å². The molecular formula is C11H21N5O2. The largest absolute Gasteiger partial charge is 0.464 e. The molecule has 0 radical (unpaired) electrons. The first-order valence-electron chi connectivity index (χ1n) is 6.19. The lowest BCUT2D eigenvalue weighted by Crippen LogP contribution is -2.19. The lowest BCUT2D eigenvalue weighted by Gasteiger charge is -2.13. The second kappa shape index (κ2) is 7.65. The Hall–Kier alpha value is -1.63. The van der Waals surface area contributed by atoms with Crippen molar-refractivity contribution in [3.05, 3.63) is 0 Å². The quantitative estimate of drug-likeness (QED) is 0.635. The van der Waals surface area contributed by atoms with Gasteiger partial charge in [0.2, 0.25) is 11.9 Å². The Morgan fingerprint density at radius 3 is 2.56 bits per heavy atom. The maximum absolute atomic E-state index is 8.86. The van der Waals surface area contributed by atoms with Crippen LogP contribution in [0.5, 0.6) is 6.01 Å². The summed E-state index contributed by atoms with van der Waals surface area (Å²) in [4.78, 5) is 12.5. The van der Waals surface area contributed by atoms with E-state index in [9.17, 15) is 0 Å². The number of anilines is 2. The summed E-state index contributed by atoms with van der Waals surface area (Å²) in [6.07, 6.45) is 0.631. The van der Waals surface area contributed by atoms with E-state index < -0.39 is 0 Å². The molecule has 1 heterocycles. The van der Waals surface area contributed by atoms with E-state index in [0.29, 0.717) is 30.9 Å². The summed E-state index contributed by atoms with van der Waals surface area (Å²) in [5.41, 5.74) is 0. The minimum Gasteiger partial charge on any atom is -0.464 e. The Morgan fingerprint density at radius 2 is 1.94 bits per heavy atom. The summed E-state index contributed by atoms with van der Waals surface area (Å²) in [6.45, 7) is 7.14. The third-order valence-corrected chi connectivity index (χ3v) is 2.16. The van der Waals surface area contributed by atoms with Crippen molar-refractivity contribution >= 4 is 11.9 Å². The minimum atomic E-state index is 0.0846. The molecule has 0 spiro atoms. The van der Waals surface area contributed by atoms with Crippen LogP contribution >= 0.6 is 0 Å². The van der Waals surface area contributed by atoms with Gasteiger partial charge in [0.05, 0.1) is 6.61 Å². The van der Waals surface area contributed by atoms with E-state index in [1.54, 1.807) is 0 Å². The Bertz CT molecular complexity index is 337. The minimum absolute atomic E-state index is 0.0846. The molecule has 0 amide bonds. The predicted molar refractivity (Wildman–Crippen MR) is 69.9 cm³/mol. The monoisotopic (exact) mass is 255 g/mol. The maximum Gasteiger partial charge on any atom is 0.323 e. The van der Waals surface area contributed by atoms with Crippen molar-refractivity contribution in [1.29, 1.82) is 0 Å². The fourth-order valence-corrected chi connectivity index (χ4v) is 1.34. The zero-order valence-corrected chi connectivity index (χ0v) is 11.1. The molecule has 1 aromatic heterocycles. The lowest BCUT2D eigenvalue weighted by molar-refractivity contribution is 0.281. The highest BCUT2D eigenvalue weighted by Gasteiger charge is 2.09. The van der Waals surface area contributed by atoms with Crippen LogP contribution in [0.2, 0.25) is 0 Å². The number of aliphatic hydroxyl groups excluding tert-OH is 1. The number of nitrogens with zero attached hydrogens (tertiary/aromatic N) is 3. The number of aromatic nitrogens is 3. The van der Waals surface area contributed by atoms with Gasteiger partial charge in [-0.3, -0.25) is 0 Å². The summed E-state index contributed by atoms with van der Waals surface area (Å²) in [6, 6.07) is 0.378. The molecule has 0 aromatic carbocycles. The van der Waals surface area contributed by atoms with Crippen LogP contribution in [0.3, 0.4) is 0 Å². The van der Waals surface area contributed by atoms with Crippen LogP contribution in [-0.2, 0) is 0 Å². The fourth-order valence-electron chi connectivity index (χ4n) is 1.34. The number of ether oxygens (including phenoxy) is 1. The van der Waals surface area contributed by atoms with Crippen LogP contribution in [0.1, 0.15) is 27.2 Å². The molecular weight excluding hydrogens is 234 g/mol. The third-order valence-electron chi connectivity index (χ3n) is 2.16. The van der Waals surface area contributed by atoms with Crippen molar-refractivity contribution in [3.63, 3.8) is 0 Å². The van der Waals surface area contributed by atoms with E-state index in [1.165, 1.54) is 0 Å². The molecule has 0 aliphatic carbocycles. The third kappa shape index (κ3) is 4.70. The molecule has 7 heteroatoms. The zero-order chi connectivity index (χ0) is 13.4. The number of hydrogen-bond acceptors (Lipinski definition) is 7. The Kier molecular flexibility index (Phi) is 6.13. The van der Waals surface area contributed by atoms with Crippen LogP contribution in [-0.4, -0.2) is 45.9 Å². The zero-order valence-electron chi connectivity index (χ0n) is 11.1. The highest BCUT2D eigenvalue weighted by atomic mass is 16.5. The van der Waals surface area contributed by atoms with Crippen LogP contribution in [0.15, 0.2) is 0 Å². The maximum atomic E-state index is 8.86. The van der Waals surface area contributed by atoms with Crippen molar-refractivity contribution < 1.29 is 9.84 Å². The molecule has 1 atom stereocenters. The van der Waals surface area contributed by atoms with Crippen molar-refractivity contribution in [2.75, 3.05) is 30.4 Å². The van der Waals surface area contributed by atoms with E-state index in [-0.39, 0.29) is 12.6 Å². The SMILES string of the molecule is CCNc1nc(NC(C)CCO)nc(OCC)n1. The van der Waals surface area contributed by atoms with Crippen LogP contribution in [0.4, 0.5) is 11.9 Å².